The fourth-order valence-corrected chi connectivity index (χ4v) is 4.42. The normalized spacial score (nSPS) is 16.5. The molecule has 1 fully saturated rings. The highest BCUT2D eigenvalue weighted by Gasteiger charge is 2.35. The molecule has 0 aliphatic carbocycles. The number of nitrogens with one attached hydrogen (secondary N) is 1. The third-order valence-corrected chi connectivity index (χ3v) is 6.05. The zero-order chi connectivity index (χ0) is 24.6. The number of hydrogen-bond donors (Lipinski definition) is 1. The fraction of sp³-hybridized carbons (Fsp3) is 0.375. The highest BCUT2D eigenvalue weighted by atomic mass is 19.4. The van der Waals surface area contributed by atoms with Gasteiger partial charge in [-0.2, -0.15) is 13.2 Å². The van der Waals surface area contributed by atoms with E-state index in [4.69, 9.17) is 9.47 Å². The number of aromatic amines is 1. The monoisotopic (exact) mass is 475 g/mol. The third-order valence-electron chi connectivity index (χ3n) is 6.05. The lowest BCUT2D eigenvalue weighted by Crippen LogP contribution is -2.39. The fourth-order valence-electron chi connectivity index (χ4n) is 4.42. The number of amides is 1. The Balaban J connectivity index is 1.67. The Hall–Kier alpha value is -3.56. The first kappa shape index (κ1) is 23.6. The number of carbonyl (C=O) groups excluding carboxylic acids is 1. The van der Waals surface area contributed by atoms with Crippen molar-refractivity contribution in [2.24, 2.45) is 0 Å². The molecule has 7 nitrogen and oxygen atoms in total. The molecular formula is C24H24F3N3O4. The van der Waals surface area contributed by atoms with E-state index in [0.29, 0.717) is 48.7 Å². The van der Waals surface area contributed by atoms with E-state index in [1.807, 2.05) is 0 Å². The lowest BCUT2D eigenvalue weighted by Gasteiger charge is -2.33. The zero-order valence-electron chi connectivity index (χ0n) is 19.0. The number of hydrogen-bond acceptors (Lipinski definition) is 5. The van der Waals surface area contributed by atoms with Crippen molar-refractivity contribution in [3.8, 4) is 11.5 Å². The van der Waals surface area contributed by atoms with Crippen molar-refractivity contribution < 1.29 is 27.4 Å². The van der Waals surface area contributed by atoms with Gasteiger partial charge in [-0.1, -0.05) is 0 Å². The first-order chi connectivity index (χ1) is 16.1. The molecule has 180 valence electrons. The molecule has 0 spiro atoms. The smallest absolute Gasteiger partial charge is 0.417 e. The van der Waals surface area contributed by atoms with Gasteiger partial charge in [-0.15, -0.1) is 0 Å². The molecule has 1 aliphatic heterocycles. The SMILES string of the molecule is COc1ccc(C(=O)N2CCCC(c3cc4nc(C)cc(C(F)(F)F)c4c(=O)[nH]3)C2)c(OC)c1. The molecule has 1 N–H and O–H groups in total. The van der Waals surface area contributed by atoms with Crippen LogP contribution in [0.5, 0.6) is 11.5 Å². The predicted molar refractivity (Wildman–Crippen MR) is 120 cm³/mol. The molecule has 4 rings (SSSR count). The number of alkyl halides is 3. The van der Waals surface area contributed by atoms with Crippen molar-refractivity contribution in [2.45, 2.75) is 31.9 Å². The molecule has 34 heavy (non-hydrogen) atoms. The topological polar surface area (TPSA) is 84.5 Å². The zero-order valence-corrected chi connectivity index (χ0v) is 19.0. The minimum Gasteiger partial charge on any atom is -0.497 e. The lowest BCUT2D eigenvalue weighted by molar-refractivity contribution is -0.136. The van der Waals surface area contributed by atoms with Crippen LogP contribution in [0.3, 0.4) is 0 Å². The Bertz CT molecular complexity index is 1300. The van der Waals surface area contributed by atoms with E-state index in [-0.39, 0.29) is 23.0 Å². The highest BCUT2D eigenvalue weighted by molar-refractivity contribution is 5.97. The number of H-pyrrole nitrogens is 1. The summed E-state index contributed by atoms with van der Waals surface area (Å²) in [5, 5.41) is -0.478. The summed E-state index contributed by atoms with van der Waals surface area (Å²) in [6.45, 7) is 2.27. The Morgan fingerprint density at radius 3 is 2.62 bits per heavy atom. The summed E-state index contributed by atoms with van der Waals surface area (Å²) >= 11 is 0. The van der Waals surface area contributed by atoms with Crippen LogP contribution in [-0.4, -0.2) is 48.1 Å². The van der Waals surface area contributed by atoms with E-state index in [2.05, 4.69) is 9.97 Å². The summed E-state index contributed by atoms with van der Waals surface area (Å²) in [6, 6.07) is 7.30. The number of rotatable bonds is 4. The molecular weight excluding hydrogens is 451 g/mol. The molecule has 0 saturated carbocycles. The van der Waals surface area contributed by atoms with Gasteiger partial charge in [-0.25, -0.2) is 0 Å². The molecule has 10 heteroatoms. The predicted octanol–water partition coefficient (Wildman–Crippen LogP) is 4.29. The molecule has 1 unspecified atom stereocenters. The van der Waals surface area contributed by atoms with Gasteiger partial charge in [0.2, 0.25) is 0 Å². The largest absolute Gasteiger partial charge is 0.497 e. The van der Waals surface area contributed by atoms with Gasteiger partial charge in [-0.05, 0) is 44.0 Å². The molecule has 1 amide bonds. The van der Waals surface area contributed by atoms with Gasteiger partial charge in [-0.3, -0.25) is 14.6 Å². The minimum absolute atomic E-state index is 0.00801. The molecule has 0 bridgehead atoms. The van der Waals surface area contributed by atoms with Crippen LogP contribution < -0.4 is 15.0 Å². The molecule has 1 atom stereocenters. The Morgan fingerprint density at radius 2 is 1.94 bits per heavy atom. The molecule has 2 aromatic heterocycles. The van der Waals surface area contributed by atoms with Gasteiger partial charge >= 0.3 is 6.18 Å². The first-order valence-electron chi connectivity index (χ1n) is 10.8. The molecule has 1 saturated heterocycles. The van der Waals surface area contributed by atoms with Crippen LogP contribution in [0.2, 0.25) is 0 Å². The second-order valence-electron chi connectivity index (χ2n) is 8.28. The third kappa shape index (κ3) is 4.44. The van der Waals surface area contributed by atoms with E-state index >= 15 is 0 Å². The summed E-state index contributed by atoms with van der Waals surface area (Å²) in [7, 11) is 2.98. The molecule has 0 radical (unpaired) electrons. The van der Waals surface area contributed by atoms with Crippen LogP contribution in [0, 0.1) is 6.92 Å². The minimum atomic E-state index is -4.67. The Kier molecular flexibility index (Phi) is 6.24. The second-order valence-corrected chi connectivity index (χ2v) is 8.28. The number of nitrogens with zero attached hydrogens (tertiary/aromatic N) is 2. The number of ether oxygens (including phenoxy) is 2. The number of likely N-dealkylation sites (tertiary alicyclic amines) is 1. The average molecular weight is 475 g/mol. The number of aromatic nitrogens is 2. The lowest BCUT2D eigenvalue weighted by atomic mass is 9.93. The summed E-state index contributed by atoms with van der Waals surface area (Å²) in [5.74, 6) is 0.445. The van der Waals surface area contributed by atoms with Crippen molar-refractivity contribution >= 4 is 16.8 Å². The van der Waals surface area contributed by atoms with E-state index in [1.165, 1.54) is 27.2 Å². The van der Waals surface area contributed by atoms with Crippen LogP contribution in [0.1, 0.15) is 46.1 Å². The van der Waals surface area contributed by atoms with Gasteiger partial charge < -0.3 is 19.4 Å². The maximum atomic E-state index is 13.5. The number of fused-ring (bicyclic) bond motifs is 1. The molecule has 3 heterocycles. The van der Waals surface area contributed by atoms with Gasteiger partial charge in [0.25, 0.3) is 11.5 Å². The number of aryl methyl sites for hydroxylation is 1. The quantitative estimate of drug-likeness (QED) is 0.609. The summed E-state index contributed by atoms with van der Waals surface area (Å²) in [5.41, 5.74) is -0.844. The maximum Gasteiger partial charge on any atom is 0.417 e. The standard InChI is InChI=1S/C24H24F3N3O4/c1-13-9-17(24(25,26)27)21-19(28-13)11-18(29-22(21)31)14-5-4-8-30(12-14)23(32)16-7-6-15(33-2)10-20(16)34-3/h6-7,9-11,14H,4-5,8,12H2,1-3H3,(H,29,31). The van der Waals surface area contributed by atoms with Crippen LogP contribution in [0.4, 0.5) is 13.2 Å². The molecule has 3 aromatic rings. The van der Waals surface area contributed by atoms with E-state index in [1.54, 1.807) is 23.1 Å². The van der Waals surface area contributed by atoms with Gasteiger partial charge in [0.1, 0.15) is 11.5 Å². The number of piperidine rings is 1. The van der Waals surface area contributed by atoms with Crippen LogP contribution >= 0.6 is 0 Å². The summed E-state index contributed by atoms with van der Waals surface area (Å²) in [6.07, 6.45) is -3.33. The van der Waals surface area contributed by atoms with Gasteiger partial charge in [0.15, 0.2) is 0 Å². The molecule has 1 aliphatic rings. The Labute approximate surface area is 193 Å². The van der Waals surface area contributed by atoms with Crippen molar-refractivity contribution in [2.75, 3.05) is 27.3 Å². The van der Waals surface area contributed by atoms with Crippen molar-refractivity contribution in [1.29, 1.82) is 0 Å². The van der Waals surface area contributed by atoms with Gasteiger partial charge in [0, 0.05) is 36.5 Å². The highest BCUT2D eigenvalue weighted by Crippen LogP contribution is 2.35. The van der Waals surface area contributed by atoms with Crippen LogP contribution in [-0.2, 0) is 6.18 Å². The maximum absolute atomic E-state index is 13.5. The van der Waals surface area contributed by atoms with Crippen molar-refractivity contribution in [3.05, 3.63) is 63.2 Å². The molecule has 1 aromatic carbocycles. The van der Waals surface area contributed by atoms with Crippen molar-refractivity contribution in [1.82, 2.24) is 14.9 Å². The van der Waals surface area contributed by atoms with E-state index < -0.39 is 22.7 Å². The van der Waals surface area contributed by atoms with Gasteiger partial charge in [0.05, 0.1) is 36.2 Å². The van der Waals surface area contributed by atoms with Crippen LogP contribution in [0.25, 0.3) is 10.9 Å². The number of halogens is 3. The first-order valence-corrected chi connectivity index (χ1v) is 10.8. The van der Waals surface area contributed by atoms with Crippen LogP contribution in [0.15, 0.2) is 35.1 Å². The Morgan fingerprint density at radius 1 is 1.18 bits per heavy atom. The van der Waals surface area contributed by atoms with E-state index in [0.717, 1.165) is 6.07 Å². The van der Waals surface area contributed by atoms with E-state index in [9.17, 15) is 22.8 Å². The number of benzene rings is 1. The van der Waals surface area contributed by atoms with Crippen molar-refractivity contribution in [3.63, 3.8) is 0 Å². The second kappa shape index (κ2) is 9.00. The number of methoxy groups -OCH3 is 2. The number of carbonyl (C=O) groups is 1. The summed E-state index contributed by atoms with van der Waals surface area (Å²) < 4.78 is 51.0. The summed E-state index contributed by atoms with van der Waals surface area (Å²) in [4.78, 5) is 34.4. The number of pyridine rings is 2. The average Bonchev–Trinajstić information content (AvgIpc) is 2.81.